The molecule has 24 heavy (non-hydrogen) atoms. The lowest BCUT2D eigenvalue weighted by Gasteiger charge is -2.45. The first-order valence-corrected chi connectivity index (χ1v) is 7.84. The largest absolute Gasteiger partial charge is 0.441 e. The van der Waals surface area contributed by atoms with Crippen LogP contribution >= 0.6 is 0 Å². The summed E-state index contributed by atoms with van der Waals surface area (Å²) in [6, 6.07) is -1.97. The highest BCUT2D eigenvalue weighted by Crippen LogP contribution is 2.28. The van der Waals surface area contributed by atoms with Gasteiger partial charge in [0.2, 0.25) is 0 Å². The molecule has 1 aliphatic carbocycles. The number of ether oxygens (including phenoxy) is 3. The van der Waals surface area contributed by atoms with Gasteiger partial charge in [-0.3, -0.25) is 0 Å². The second-order valence-electron chi connectivity index (χ2n) is 6.30. The summed E-state index contributed by atoms with van der Waals surface area (Å²) in [5.41, 5.74) is 28.4. The third-order valence-electron chi connectivity index (χ3n) is 4.44. The van der Waals surface area contributed by atoms with Crippen LogP contribution in [0.1, 0.15) is 12.8 Å². The zero-order chi connectivity index (χ0) is 18.0. The van der Waals surface area contributed by atoms with E-state index in [1.54, 1.807) is 0 Å². The van der Waals surface area contributed by atoms with Crippen LogP contribution in [0.15, 0.2) is 0 Å². The van der Waals surface area contributed by atoms with Crippen molar-refractivity contribution < 1.29 is 29.2 Å². The van der Waals surface area contributed by atoms with Crippen LogP contribution in [0, 0.1) is 0 Å². The maximum Gasteiger partial charge on any atom is 0.404 e. The lowest BCUT2D eigenvalue weighted by molar-refractivity contribution is -0.267. The lowest BCUT2D eigenvalue weighted by Crippen LogP contribution is -2.65. The number of hydrogen-bond acceptors (Lipinski definition) is 10. The summed E-state index contributed by atoms with van der Waals surface area (Å²) in [4.78, 5) is 11.1. The smallest absolute Gasteiger partial charge is 0.404 e. The van der Waals surface area contributed by atoms with Gasteiger partial charge in [-0.2, -0.15) is 0 Å². The van der Waals surface area contributed by atoms with E-state index in [1.807, 2.05) is 0 Å². The Hall–Kier alpha value is -1.05. The van der Waals surface area contributed by atoms with Crippen LogP contribution < -0.4 is 28.7 Å². The molecule has 1 saturated carbocycles. The van der Waals surface area contributed by atoms with E-state index in [1.165, 1.54) is 0 Å². The number of rotatable bonds is 4. The molecule has 2 aliphatic rings. The van der Waals surface area contributed by atoms with Gasteiger partial charge in [0, 0.05) is 18.6 Å². The third kappa shape index (κ3) is 4.13. The van der Waals surface area contributed by atoms with Crippen LogP contribution in [-0.2, 0) is 14.2 Å². The predicted octanol–water partition coefficient (Wildman–Crippen LogP) is -3.98. The molecule has 0 unspecified atom stereocenters. The van der Waals surface area contributed by atoms with Crippen molar-refractivity contribution in [3.8, 4) is 0 Å². The Balaban J connectivity index is 2.12. The first kappa shape index (κ1) is 19.3. The Morgan fingerprint density at radius 1 is 1.08 bits per heavy atom. The van der Waals surface area contributed by atoms with Crippen LogP contribution in [-0.4, -0.2) is 77.8 Å². The zero-order valence-corrected chi connectivity index (χ0v) is 13.2. The van der Waals surface area contributed by atoms with E-state index < -0.39 is 61.0 Å². The predicted molar refractivity (Wildman–Crippen MR) is 82.2 cm³/mol. The Kier molecular flexibility index (Phi) is 6.33. The van der Waals surface area contributed by atoms with Crippen molar-refractivity contribution in [2.75, 3.05) is 6.54 Å². The van der Waals surface area contributed by atoms with Gasteiger partial charge in [0.1, 0.15) is 12.2 Å². The maximum absolute atomic E-state index is 11.1. The molecule has 140 valence electrons. The monoisotopic (exact) mass is 349 g/mol. The minimum absolute atomic E-state index is 0.0825. The van der Waals surface area contributed by atoms with E-state index in [-0.39, 0.29) is 19.4 Å². The first-order chi connectivity index (χ1) is 11.2. The molecule has 0 radical (unpaired) electrons. The molecular formula is C13H27N5O6. The number of amides is 1. The number of aliphatic hydroxyl groups excluding tert-OH is 2. The second-order valence-corrected chi connectivity index (χ2v) is 6.30. The van der Waals surface area contributed by atoms with Gasteiger partial charge >= 0.3 is 6.09 Å². The maximum atomic E-state index is 11.1. The highest BCUT2D eigenvalue weighted by atomic mass is 16.7. The molecule has 11 nitrogen and oxygen atoms in total. The van der Waals surface area contributed by atoms with Gasteiger partial charge < -0.3 is 53.1 Å². The molecule has 0 spiro atoms. The van der Waals surface area contributed by atoms with Gasteiger partial charge in [0.15, 0.2) is 12.4 Å². The summed E-state index contributed by atoms with van der Waals surface area (Å²) in [7, 11) is 0. The number of carbonyl (C=O) groups is 1. The molecular weight excluding hydrogens is 322 g/mol. The van der Waals surface area contributed by atoms with Crippen molar-refractivity contribution in [2.24, 2.45) is 28.7 Å². The molecule has 0 aromatic heterocycles. The van der Waals surface area contributed by atoms with Crippen LogP contribution in [0.5, 0.6) is 0 Å². The molecule has 1 amide bonds. The molecule has 1 aliphatic heterocycles. The molecule has 2 rings (SSSR count). The topological polar surface area (TPSA) is 215 Å². The zero-order valence-electron chi connectivity index (χ0n) is 13.2. The summed E-state index contributed by atoms with van der Waals surface area (Å²) in [6.07, 6.45) is -6.27. The normalized spacial score (nSPS) is 46.5. The second kappa shape index (κ2) is 7.89. The van der Waals surface area contributed by atoms with Crippen LogP contribution in [0.4, 0.5) is 4.79 Å². The number of primary amides is 1. The van der Waals surface area contributed by atoms with Crippen molar-refractivity contribution in [3.05, 3.63) is 0 Å². The van der Waals surface area contributed by atoms with Crippen molar-refractivity contribution in [1.82, 2.24) is 0 Å². The molecule has 0 aromatic rings. The minimum atomic E-state index is -1.20. The van der Waals surface area contributed by atoms with E-state index in [0.717, 1.165) is 0 Å². The molecule has 0 aromatic carbocycles. The van der Waals surface area contributed by atoms with Crippen molar-refractivity contribution >= 4 is 6.09 Å². The van der Waals surface area contributed by atoms with Crippen LogP contribution in [0.2, 0.25) is 0 Å². The number of nitrogens with two attached hydrogens (primary N) is 5. The summed E-state index contributed by atoms with van der Waals surface area (Å²) >= 11 is 0. The standard InChI is InChI=1S/C13H27N5O6/c14-3-8-7(19)2-6(17)12(22-8)23-10-5(16)1-4(15)9(20)11(10)24-13(18)21/h4-12,19-20H,1-3,14-17H2,(H2,18,21)/t4-,5+,6-,7+,8-,9+,10-,11-,12-/m1/s1. The van der Waals surface area contributed by atoms with Gasteiger partial charge in [-0.25, -0.2) is 4.79 Å². The SMILES string of the molecule is NC[C@H]1O[C@H](O[C@H]2[C@H](OC(N)=O)[C@@H](O)[C@H](N)C[C@@H]2N)[C@H](N)C[C@@H]1O. The molecule has 1 heterocycles. The van der Waals surface area contributed by atoms with E-state index in [0.29, 0.717) is 0 Å². The number of carbonyl (C=O) groups excluding carboxylic acids is 1. The lowest BCUT2D eigenvalue weighted by atomic mass is 9.84. The van der Waals surface area contributed by atoms with Gasteiger partial charge in [-0.15, -0.1) is 0 Å². The van der Waals surface area contributed by atoms with Crippen LogP contribution in [0.3, 0.4) is 0 Å². The van der Waals surface area contributed by atoms with E-state index in [2.05, 4.69) is 0 Å². The van der Waals surface area contributed by atoms with Gasteiger partial charge in [0.25, 0.3) is 0 Å². The molecule has 1 saturated heterocycles. The summed E-state index contributed by atoms with van der Waals surface area (Å²) in [6.45, 7) is 0.0825. The minimum Gasteiger partial charge on any atom is -0.441 e. The fourth-order valence-corrected chi connectivity index (χ4v) is 3.12. The molecule has 2 fully saturated rings. The van der Waals surface area contributed by atoms with E-state index in [4.69, 9.17) is 42.9 Å². The highest BCUT2D eigenvalue weighted by Gasteiger charge is 2.47. The van der Waals surface area contributed by atoms with Crippen molar-refractivity contribution in [3.63, 3.8) is 0 Å². The Labute approximate surface area is 139 Å². The summed E-state index contributed by atoms with van der Waals surface area (Å²) in [5, 5.41) is 20.0. The van der Waals surface area contributed by atoms with Gasteiger partial charge in [-0.1, -0.05) is 0 Å². The van der Waals surface area contributed by atoms with Gasteiger partial charge in [-0.05, 0) is 12.8 Å². The fraction of sp³-hybridized carbons (Fsp3) is 0.923. The molecule has 0 bridgehead atoms. The van der Waals surface area contributed by atoms with Gasteiger partial charge in [0.05, 0.1) is 18.2 Å². The summed E-state index contributed by atoms with van der Waals surface area (Å²) < 4.78 is 16.3. The Morgan fingerprint density at radius 3 is 2.33 bits per heavy atom. The van der Waals surface area contributed by atoms with Crippen LogP contribution in [0.25, 0.3) is 0 Å². The average Bonchev–Trinajstić information content (AvgIpc) is 2.50. The van der Waals surface area contributed by atoms with Crippen molar-refractivity contribution in [1.29, 1.82) is 0 Å². The highest BCUT2D eigenvalue weighted by molar-refractivity contribution is 5.65. The average molecular weight is 349 g/mol. The van der Waals surface area contributed by atoms with Crippen molar-refractivity contribution in [2.45, 2.75) is 67.8 Å². The third-order valence-corrected chi connectivity index (χ3v) is 4.44. The Morgan fingerprint density at radius 2 is 1.75 bits per heavy atom. The Bertz CT molecular complexity index is 443. The van der Waals surface area contributed by atoms with E-state index >= 15 is 0 Å². The fourth-order valence-electron chi connectivity index (χ4n) is 3.12. The molecule has 11 heteroatoms. The van der Waals surface area contributed by atoms with E-state index in [9.17, 15) is 15.0 Å². The molecule has 12 N–H and O–H groups in total. The number of aliphatic hydroxyl groups is 2. The summed E-state index contributed by atoms with van der Waals surface area (Å²) in [5.74, 6) is 0. The number of hydrogen-bond donors (Lipinski definition) is 7. The quantitative estimate of drug-likeness (QED) is 0.261. The first-order valence-electron chi connectivity index (χ1n) is 7.84. The molecule has 9 atom stereocenters.